The minimum Gasteiger partial charge on any atom is -0.454 e. The number of carbonyl (C=O) groups excluding carboxylic acids is 2. The molecular weight excluding hydrogens is 733 g/mol. The number of ether oxygens (including phenoxy) is 2. The van der Waals surface area contributed by atoms with Crippen molar-refractivity contribution in [3.8, 4) is 0 Å². The smallest absolute Gasteiger partial charge is 0.316 e. The first kappa shape index (κ1) is 43.2. The summed E-state index contributed by atoms with van der Waals surface area (Å²) in [6.07, 6.45) is 0. The third kappa shape index (κ3) is 38.3. The Morgan fingerprint density at radius 3 is 1.39 bits per heavy atom. The number of aliphatic hydroxyl groups is 2. The molecule has 2 N–H and O–H groups in total. The highest BCUT2D eigenvalue weighted by molar-refractivity contribution is 8.17. The van der Waals surface area contributed by atoms with Gasteiger partial charge in [-0.3, -0.25) is 9.59 Å². The molecule has 244 valence electrons. The summed E-state index contributed by atoms with van der Waals surface area (Å²) < 4.78 is 10.3. The zero-order valence-electron chi connectivity index (χ0n) is 22.7. The summed E-state index contributed by atoms with van der Waals surface area (Å²) in [4.78, 5) is 43.7. The van der Waals surface area contributed by atoms with Crippen LogP contribution >= 0.6 is 118 Å². The van der Waals surface area contributed by atoms with Gasteiger partial charge >= 0.3 is 11.9 Å². The van der Waals surface area contributed by atoms with Crippen molar-refractivity contribution in [1.29, 1.82) is 0 Å². The van der Waals surface area contributed by atoms with Gasteiger partial charge in [0.25, 0.3) is 0 Å². The number of esters is 2. The van der Waals surface area contributed by atoms with Crippen LogP contribution in [0.1, 0.15) is 0 Å². The first-order chi connectivity index (χ1) is 20.2. The highest BCUT2D eigenvalue weighted by Gasteiger charge is 2.05. The van der Waals surface area contributed by atoms with Gasteiger partial charge in [0.1, 0.15) is 23.8 Å². The molecule has 0 aromatic carbocycles. The lowest BCUT2D eigenvalue weighted by molar-refractivity contribution is -0.274. The van der Waals surface area contributed by atoms with Crippen LogP contribution in [0.15, 0.2) is 0 Å². The normalized spacial score (nSPS) is 11.2. The highest BCUT2D eigenvalue weighted by Crippen LogP contribution is 2.16. The van der Waals surface area contributed by atoms with Crippen LogP contribution in [0.2, 0.25) is 0 Å². The number of hydrogen-bond acceptors (Lipinski definition) is 20. The Bertz CT molecular complexity index is 575. The standard InChI is InChI=1S/C21H40O10S10/c22-11-32-5-7-34-13-26-20(24)9-38-17-37-4-2-29-31-16-41-19-40-14-27-21(25)10-39-18-36-3-1-28-30-15-35-8-6-33-12-23/h22-23H,1-19H2. The number of aliphatic hydroxyl groups excluding tert-OH is 2. The molecule has 0 saturated heterocycles. The number of thioether (sulfide) groups is 10. The van der Waals surface area contributed by atoms with Crippen molar-refractivity contribution < 1.29 is 48.8 Å². The molecule has 0 aliphatic rings. The number of rotatable bonds is 34. The third-order valence-electron chi connectivity index (χ3n) is 3.52. The molecule has 20 heteroatoms. The van der Waals surface area contributed by atoms with Gasteiger partial charge in [-0.2, -0.15) is 0 Å². The van der Waals surface area contributed by atoms with E-state index in [1.807, 2.05) is 0 Å². The maximum atomic E-state index is 11.7. The van der Waals surface area contributed by atoms with Gasteiger partial charge in [0.2, 0.25) is 0 Å². The van der Waals surface area contributed by atoms with Crippen molar-refractivity contribution in [3.63, 3.8) is 0 Å². The Kier molecular flexibility index (Phi) is 40.4. The molecule has 0 rings (SSSR count). The van der Waals surface area contributed by atoms with E-state index < -0.39 is 0 Å². The molecule has 41 heavy (non-hydrogen) atoms. The Morgan fingerprint density at radius 1 is 0.439 bits per heavy atom. The predicted octanol–water partition coefficient (Wildman–Crippen LogP) is 4.90. The van der Waals surface area contributed by atoms with Gasteiger partial charge in [-0.25, -0.2) is 19.6 Å². The molecule has 0 aromatic rings. The molecule has 0 unspecified atom stereocenters. The van der Waals surface area contributed by atoms with Crippen molar-refractivity contribution in [3.05, 3.63) is 0 Å². The zero-order valence-corrected chi connectivity index (χ0v) is 30.8. The Morgan fingerprint density at radius 2 is 0.854 bits per heavy atom. The van der Waals surface area contributed by atoms with Crippen LogP contribution in [0.3, 0.4) is 0 Å². The van der Waals surface area contributed by atoms with E-state index in [1.54, 1.807) is 35.3 Å². The monoisotopic (exact) mass is 772 g/mol. The molecule has 0 bridgehead atoms. The molecular formula is C21H40O10S10. The topological polar surface area (TPSA) is 130 Å². The van der Waals surface area contributed by atoms with E-state index in [0.717, 1.165) is 49.8 Å². The SMILES string of the molecule is O=C(CSCSCCOOCSCSCOC(=O)CSCSCCOOCSCCSCO)OCSCCSCO. The van der Waals surface area contributed by atoms with Gasteiger partial charge in [-0.1, -0.05) is 0 Å². The second kappa shape index (κ2) is 38.4. The van der Waals surface area contributed by atoms with Crippen molar-refractivity contribution in [2.45, 2.75) is 0 Å². The Balaban J connectivity index is 3.20. The van der Waals surface area contributed by atoms with Gasteiger partial charge < -0.3 is 19.7 Å². The summed E-state index contributed by atoms with van der Waals surface area (Å²) >= 11 is 15.5. The fourth-order valence-corrected chi connectivity index (χ4v) is 9.35. The largest absolute Gasteiger partial charge is 0.454 e. The Labute approximate surface area is 286 Å². The van der Waals surface area contributed by atoms with Gasteiger partial charge in [-0.15, -0.1) is 118 Å². The van der Waals surface area contributed by atoms with E-state index in [9.17, 15) is 9.59 Å². The fraction of sp³-hybridized carbons (Fsp3) is 0.905. The minimum absolute atomic E-state index is 0.120. The molecule has 0 radical (unpaired) electrons. The molecule has 10 nitrogen and oxygen atoms in total. The van der Waals surface area contributed by atoms with E-state index in [4.69, 9.17) is 39.2 Å². The molecule has 0 saturated carbocycles. The molecule has 0 fully saturated rings. The van der Waals surface area contributed by atoms with E-state index >= 15 is 0 Å². The van der Waals surface area contributed by atoms with Gasteiger partial charge in [0.15, 0.2) is 0 Å². The van der Waals surface area contributed by atoms with Gasteiger partial charge in [-0.05, 0) is 0 Å². The van der Waals surface area contributed by atoms with Crippen LogP contribution in [-0.2, 0) is 38.6 Å². The molecule has 0 amide bonds. The van der Waals surface area contributed by atoms with Crippen molar-refractivity contribution in [2.24, 2.45) is 0 Å². The first-order valence-corrected chi connectivity index (χ1v) is 23.5. The molecule has 0 heterocycles. The lowest BCUT2D eigenvalue weighted by Gasteiger charge is -2.06. The fourth-order valence-electron chi connectivity index (χ4n) is 1.83. The maximum absolute atomic E-state index is 11.7. The summed E-state index contributed by atoms with van der Waals surface area (Å²) in [5, 5.41) is 19.6. The highest BCUT2D eigenvalue weighted by atomic mass is 32.2. The summed E-state index contributed by atoms with van der Waals surface area (Å²) in [7, 11) is 0. The third-order valence-corrected chi connectivity index (χ3v) is 13.3. The van der Waals surface area contributed by atoms with E-state index in [1.165, 1.54) is 82.3 Å². The average Bonchev–Trinajstić information content (AvgIpc) is 2.97. The van der Waals surface area contributed by atoms with Crippen molar-refractivity contribution in [1.82, 2.24) is 0 Å². The van der Waals surface area contributed by atoms with E-state index in [2.05, 4.69) is 0 Å². The van der Waals surface area contributed by atoms with Gasteiger partial charge in [0, 0.05) is 49.8 Å². The molecule has 0 aliphatic heterocycles. The molecule has 0 atom stereocenters. The quantitative estimate of drug-likeness (QED) is 0.0302. The van der Waals surface area contributed by atoms with Crippen LogP contribution in [0.25, 0.3) is 0 Å². The van der Waals surface area contributed by atoms with Gasteiger partial charge in [0.05, 0.1) is 36.6 Å². The number of hydrogen-bond donors (Lipinski definition) is 2. The summed E-state index contributed by atoms with van der Waals surface area (Å²) in [6.45, 7) is 0.960. The summed E-state index contributed by atoms with van der Waals surface area (Å²) in [5.74, 6) is 7.07. The second-order valence-electron chi connectivity index (χ2n) is 6.55. The zero-order chi connectivity index (χ0) is 29.9. The van der Waals surface area contributed by atoms with Crippen LogP contribution in [0.4, 0.5) is 0 Å². The van der Waals surface area contributed by atoms with E-state index in [-0.39, 0.29) is 23.8 Å². The van der Waals surface area contributed by atoms with E-state index in [0.29, 0.717) is 48.5 Å². The summed E-state index contributed by atoms with van der Waals surface area (Å²) in [6, 6.07) is 0. The Hall–Kier alpha value is 2.20. The van der Waals surface area contributed by atoms with Crippen LogP contribution < -0.4 is 0 Å². The lowest BCUT2D eigenvalue weighted by atomic mass is 10.8. The summed E-state index contributed by atoms with van der Waals surface area (Å²) in [5.41, 5.74) is 0. The molecule has 0 aliphatic carbocycles. The molecule has 0 spiro atoms. The maximum Gasteiger partial charge on any atom is 0.316 e. The van der Waals surface area contributed by atoms with Crippen molar-refractivity contribution >= 4 is 130 Å². The average molecular weight is 773 g/mol. The van der Waals surface area contributed by atoms with Crippen LogP contribution in [-0.4, -0.2) is 132 Å². The second-order valence-corrected chi connectivity index (χ2v) is 17.9. The van der Waals surface area contributed by atoms with Crippen LogP contribution in [0, 0.1) is 0 Å². The first-order valence-electron chi connectivity index (χ1n) is 12.0. The number of carbonyl (C=O) groups is 2. The van der Waals surface area contributed by atoms with Crippen molar-refractivity contribution in [2.75, 3.05) is 110 Å². The lowest BCUT2D eigenvalue weighted by Crippen LogP contribution is -2.07. The molecule has 0 aromatic heterocycles. The predicted molar refractivity (Wildman–Crippen MR) is 189 cm³/mol. The minimum atomic E-state index is -0.222. The van der Waals surface area contributed by atoms with Crippen LogP contribution in [0.5, 0.6) is 0 Å².